The summed E-state index contributed by atoms with van der Waals surface area (Å²) in [7, 11) is 5.74. The zero-order valence-electron chi connectivity index (χ0n) is 11.5. The Kier molecular flexibility index (Phi) is 4.46. The number of methoxy groups -OCH3 is 1. The molecule has 0 saturated heterocycles. The van der Waals surface area contributed by atoms with Gasteiger partial charge in [0.1, 0.15) is 5.75 Å². The molecule has 100 valence electrons. The van der Waals surface area contributed by atoms with Crippen LogP contribution < -0.4 is 4.74 Å². The summed E-state index contributed by atoms with van der Waals surface area (Å²) in [5.74, 6) is 0.761. The van der Waals surface area contributed by atoms with Crippen LogP contribution >= 0.6 is 11.6 Å². The maximum absolute atomic E-state index is 6.23. The molecule has 2 rings (SSSR count). The third kappa shape index (κ3) is 3.09. The van der Waals surface area contributed by atoms with Crippen molar-refractivity contribution in [3.63, 3.8) is 0 Å². The van der Waals surface area contributed by atoms with E-state index >= 15 is 0 Å². The molecule has 0 atom stereocenters. The predicted molar refractivity (Wildman–Crippen MR) is 80.8 cm³/mol. The Hall–Kier alpha value is -1.51. The topological polar surface area (TPSA) is 12.5 Å². The summed E-state index contributed by atoms with van der Waals surface area (Å²) < 4.78 is 5.48. The number of hydrogen-bond donors (Lipinski definition) is 0. The number of halogens is 1. The molecule has 0 N–H and O–H groups in total. The van der Waals surface area contributed by atoms with E-state index < -0.39 is 0 Å². The van der Waals surface area contributed by atoms with Gasteiger partial charge in [-0.25, -0.2) is 0 Å². The van der Waals surface area contributed by atoms with Crippen LogP contribution in [0.3, 0.4) is 0 Å². The number of nitrogens with zero attached hydrogens (tertiary/aromatic N) is 1. The molecule has 0 aromatic heterocycles. The molecule has 0 saturated carbocycles. The minimum Gasteiger partial charge on any atom is -0.495 e. The van der Waals surface area contributed by atoms with Crippen molar-refractivity contribution in [2.24, 2.45) is 0 Å². The lowest BCUT2D eigenvalue weighted by Gasteiger charge is -2.18. The number of hydrogen-bond acceptors (Lipinski definition) is 2. The Morgan fingerprint density at radius 1 is 1.05 bits per heavy atom. The molecule has 0 unspecified atom stereocenters. The van der Waals surface area contributed by atoms with Crippen LogP contribution in [0.4, 0.5) is 0 Å². The molecular weight excluding hydrogens is 258 g/mol. The second kappa shape index (κ2) is 6.09. The van der Waals surface area contributed by atoms with E-state index in [1.165, 1.54) is 5.56 Å². The van der Waals surface area contributed by atoms with Crippen LogP contribution in [0.1, 0.15) is 5.56 Å². The first-order valence-electron chi connectivity index (χ1n) is 6.19. The van der Waals surface area contributed by atoms with Gasteiger partial charge in [-0.2, -0.15) is 0 Å². The molecule has 0 bridgehead atoms. The summed E-state index contributed by atoms with van der Waals surface area (Å²) in [6.07, 6.45) is 0. The maximum Gasteiger partial charge on any atom is 0.142 e. The first-order valence-corrected chi connectivity index (χ1v) is 6.56. The molecule has 2 aromatic carbocycles. The van der Waals surface area contributed by atoms with Crippen LogP contribution in [0.25, 0.3) is 11.1 Å². The van der Waals surface area contributed by atoms with Gasteiger partial charge in [0.15, 0.2) is 0 Å². The van der Waals surface area contributed by atoms with Crippen molar-refractivity contribution in [1.29, 1.82) is 0 Å². The zero-order valence-corrected chi connectivity index (χ0v) is 12.2. The summed E-state index contributed by atoms with van der Waals surface area (Å²) >= 11 is 6.23. The number of rotatable bonds is 4. The summed E-state index contributed by atoms with van der Waals surface area (Å²) in [6.45, 7) is 0.786. The molecule has 0 aliphatic heterocycles. The fraction of sp³-hybridized carbons (Fsp3) is 0.250. The van der Waals surface area contributed by atoms with Crippen LogP contribution in [0, 0.1) is 0 Å². The summed E-state index contributed by atoms with van der Waals surface area (Å²) in [4.78, 5) is 2.11. The van der Waals surface area contributed by atoms with Gasteiger partial charge in [0, 0.05) is 12.1 Å². The Morgan fingerprint density at radius 3 is 2.32 bits per heavy atom. The fourth-order valence-electron chi connectivity index (χ4n) is 2.18. The van der Waals surface area contributed by atoms with Crippen LogP contribution in [-0.4, -0.2) is 26.1 Å². The van der Waals surface area contributed by atoms with Crippen molar-refractivity contribution in [2.45, 2.75) is 6.54 Å². The van der Waals surface area contributed by atoms with Crippen molar-refractivity contribution in [2.75, 3.05) is 21.2 Å². The van der Waals surface area contributed by atoms with Crippen molar-refractivity contribution in [3.8, 4) is 16.9 Å². The highest BCUT2D eigenvalue weighted by atomic mass is 35.5. The van der Waals surface area contributed by atoms with E-state index in [1.807, 2.05) is 38.4 Å². The molecule has 0 heterocycles. The fourth-order valence-corrected chi connectivity index (χ4v) is 2.44. The average Bonchev–Trinajstić information content (AvgIpc) is 2.39. The Bertz CT molecular complexity index is 552. The summed E-state index contributed by atoms with van der Waals surface area (Å²) in [5, 5.41) is 0.652. The molecule has 0 fully saturated rings. The Morgan fingerprint density at radius 2 is 1.74 bits per heavy atom. The van der Waals surface area contributed by atoms with Crippen LogP contribution in [0.15, 0.2) is 42.5 Å². The Balaban J connectivity index is 2.60. The van der Waals surface area contributed by atoms with Gasteiger partial charge >= 0.3 is 0 Å². The maximum atomic E-state index is 6.23. The van der Waals surface area contributed by atoms with E-state index in [4.69, 9.17) is 16.3 Å². The predicted octanol–water partition coefficient (Wildman–Crippen LogP) is 4.08. The third-order valence-electron chi connectivity index (χ3n) is 2.98. The quantitative estimate of drug-likeness (QED) is 0.834. The van der Waals surface area contributed by atoms with Crippen molar-refractivity contribution in [3.05, 3.63) is 53.1 Å². The molecule has 0 radical (unpaired) electrons. The van der Waals surface area contributed by atoms with Gasteiger partial charge in [-0.1, -0.05) is 48.0 Å². The third-order valence-corrected chi connectivity index (χ3v) is 3.27. The van der Waals surface area contributed by atoms with Crippen LogP contribution in [0.5, 0.6) is 5.75 Å². The molecule has 0 aliphatic carbocycles. The zero-order chi connectivity index (χ0) is 13.8. The first kappa shape index (κ1) is 13.9. The second-order valence-corrected chi connectivity index (χ2v) is 5.12. The van der Waals surface area contributed by atoms with Crippen LogP contribution in [-0.2, 0) is 6.54 Å². The summed E-state index contributed by atoms with van der Waals surface area (Å²) in [6, 6.07) is 14.2. The number of ether oxygens (including phenoxy) is 1. The van der Waals surface area contributed by atoms with Crippen LogP contribution in [0.2, 0.25) is 5.02 Å². The Labute approximate surface area is 119 Å². The second-order valence-electron chi connectivity index (χ2n) is 4.71. The van der Waals surface area contributed by atoms with Crippen molar-refractivity contribution in [1.82, 2.24) is 4.90 Å². The minimum absolute atomic E-state index is 0.652. The molecule has 19 heavy (non-hydrogen) atoms. The average molecular weight is 276 g/mol. The lowest BCUT2D eigenvalue weighted by Crippen LogP contribution is -2.12. The molecule has 2 nitrogen and oxygen atoms in total. The normalized spacial score (nSPS) is 10.8. The monoisotopic (exact) mass is 275 g/mol. The smallest absolute Gasteiger partial charge is 0.142 e. The van der Waals surface area contributed by atoms with E-state index in [1.54, 1.807) is 7.11 Å². The molecule has 0 spiro atoms. The lowest BCUT2D eigenvalue weighted by atomic mass is 9.98. The van der Waals surface area contributed by atoms with E-state index in [0.717, 1.165) is 23.4 Å². The highest BCUT2D eigenvalue weighted by Crippen LogP contribution is 2.36. The SMILES string of the molecule is COc1c(Cl)ccc(-c2ccccc2)c1CN(C)C. The number of benzene rings is 2. The summed E-state index contributed by atoms with van der Waals surface area (Å²) in [5.41, 5.74) is 3.45. The molecule has 2 aromatic rings. The minimum atomic E-state index is 0.652. The molecule has 0 aliphatic rings. The highest BCUT2D eigenvalue weighted by Gasteiger charge is 2.14. The van der Waals surface area contributed by atoms with Gasteiger partial charge in [-0.3, -0.25) is 0 Å². The molecular formula is C16H18ClNO. The van der Waals surface area contributed by atoms with Gasteiger partial charge in [-0.15, -0.1) is 0 Å². The van der Waals surface area contributed by atoms with Gasteiger partial charge in [0.05, 0.1) is 12.1 Å². The highest BCUT2D eigenvalue weighted by molar-refractivity contribution is 6.32. The van der Waals surface area contributed by atoms with E-state index in [2.05, 4.69) is 23.1 Å². The lowest BCUT2D eigenvalue weighted by molar-refractivity contribution is 0.372. The largest absolute Gasteiger partial charge is 0.495 e. The van der Waals surface area contributed by atoms with E-state index in [-0.39, 0.29) is 0 Å². The standard InChI is InChI=1S/C16H18ClNO/c1-18(2)11-14-13(12-7-5-4-6-8-12)9-10-15(17)16(14)19-3/h4-10H,11H2,1-3H3. The molecule has 3 heteroatoms. The van der Waals surface area contributed by atoms with E-state index in [9.17, 15) is 0 Å². The van der Waals surface area contributed by atoms with Crippen molar-refractivity contribution < 1.29 is 4.74 Å². The van der Waals surface area contributed by atoms with Gasteiger partial charge in [-0.05, 0) is 31.3 Å². The van der Waals surface area contributed by atoms with Crippen molar-refractivity contribution >= 4 is 11.6 Å². The van der Waals surface area contributed by atoms with Gasteiger partial charge in [0.2, 0.25) is 0 Å². The van der Waals surface area contributed by atoms with E-state index in [0.29, 0.717) is 5.02 Å². The van der Waals surface area contributed by atoms with Gasteiger partial charge in [0.25, 0.3) is 0 Å². The molecule has 0 amide bonds. The first-order chi connectivity index (χ1) is 9.13. The van der Waals surface area contributed by atoms with Gasteiger partial charge < -0.3 is 9.64 Å².